The second-order valence-electron chi connectivity index (χ2n) is 5.99. The lowest BCUT2D eigenvalue weighted by molar-refractivity contribution is -0.137. The first-order valence-corrected chi connectivity index (χ1v) is 7.36. The zero-order valence-corrected chi connectivity index (χ0v) is 11.0. The highest BCUT2D eigenvalue weighted by atomic mass is 16.7. The van der Waals surface area contributed by atoms with E-state index in [1.807, 2.05) is 0 Å². The minimum atomic E-state index is -0.709. The minimum absolute atomic E-state index is 0.122. The molecule has 0 aromatic heterocycles. The molecule has 3 fully saturated rings. The van der Waals surface area contributed by atoms with E-state index < -0.39 is 5.97 Å². The summed E-state index contributed by atoms with van der Waals surface area (Å²) in [6, 6.07) is 0. The Morgan fingerprint density at radius 3 is 2.21 bits per heavy atom. The fourth-order valence-electron chi connectivity index (χ4n) is 3.80. The Labute approximate surface area is 112 Å². The molecule has 0 amide bonds. The van der Waals surface area contributed by atoms with Crippen LogP contribution in [-0.4, -0.2) is 47.2 Å². The van der Waals surface area contributed by atoms with Gasteiger partial charge in [0, 0.05) is 18.9 Å². The third-order valence-corrected chi connectivity index (χ3v) is 4.81. The number of epoxide rings is 1. The molecule has 0 aromatic carbocycles. The molecule has 0 spiro atoms. The fraction of sp³-hybridized carbons (Fsp3) is 0.929. The molecule has 0 unspecified atom stereocenters. The molecule has 2 N–H and O–H groups in total. The van der Waals surface area contributed by atoms with E-state index in [-0.39, 0.29) is 37.3 Å². The summed E-state index contributed by atoms with van der Waals surface area (Å²) in [6.45, 7) is 0.192. The lowest BCUT2D eigenvalue weighted by Gasteiger charge is -2.24. The second kappa shape index (κ2) is 5.38. The molecule has 3 heterocycles. The van der Waals surface area contributed by atoms with E-state index >= 15 is 0 Å². The molecule has 0 saturated carbocycles. The standard InChI is InChI=1S/C14H22O5/c15-7-9-8(5-3-1-2-4-6-10(16)17)11-13-14(19-13)12(9)18-11/h8-9,11-15H,1-7H2,(H,16,17)/t8-,9+,11+,12-,13-,14+/m0/s1. The van der Waals surface area contributed by atoms with Crippen molar-refractivity contribution in [2.75, 3.05) is 6.61 Å². The summed E-state index contributed by atoms with van der Waals surface area (Å²) in [6.07, 6.45) is 6.10. The van der Waals surface area contributed by atoms with Crippen LogP contribution in [0.2, 0.25) is 0 Å². The summed E-state index contributed by atoms with van der Waals surface area (Å²) in [5, 5.41) is 18.1. The molecule has 0 aromatic rings. The lowest BCUT2D eigenvalue weighted by atomic mass is 9.77. The van der Waals surface area contributed by atoms with Gasteiger partial charge in [0.15, 0.2) is 0 Å². The topological polar surface area (TPSA) is 79.3 Å². The first-order valence-electron chi connectivity index (χ1n) is 7.36. The number of ether oxygens (including phenoxy) is 2. The van der Waals surface area contributed by atoms with Gasteiger partial charge in [-0.15, -0.1) is 0 Å². The van der Waals surface area contributed by atoms with Crippen LogP contribution in [0.3, 0.4) is 0 Å². The van der Waals surface area contributed by atoms with Crippen molar-refractivity contribution in [3.05, 3.63) is 0 Å². The molecule has 0 aliphatic carbocycles. The van der Waals surface area contributed by atoms with Gasteiger partial charge in [-0.3, -0.25) is 4.79 Å². The van der Waals surface area contributed by atoms with Crippen molar-refractivity contribution in [2.45, 2.75) is 62.9 Å². The van der Waals surface area contributed by atoms with Gasteiger partial charge in [0.05, 0.1) is 12.2 Å². The Bertz CT molecular complexity index is 345. The van der Waals surface area contributed by atoms with Crippen molar-refractivity contribution >= 4 is 5.97 Å². The van der Waals surface area contributed by atoms with Crippen LogP contribution < -0.4 is 0 Å². The van der Waals surface area contributed by atoms with Gasteiger partial charge in [-0.2, -0.15) is 0 Å². The van der Waals surface area contributed by atoms with Crippen LogP contribution in [0.4, 0.5) is 0 Å². The number of aliphatic carboxylic acids is 1. The van der Waals surface area contributed by atoms with Crippen molar-refractivity contribution < 1.29 is 24.5 Å². The van der Waals surface area contributed by atoms with Crippen LogP contribution in [0, 0.1) is 11.8 Å². The second-order valence-corrected chi connectivity index (χ2v) is 5.99. The molecule has 5 nitrogen and oxygen atoms in total. The minimum Gasteiger partial charge on any atom is -0.481 e. The van der Waals surface area contributed by atoms with Gasteiger partial charge in [0.1, 0.15) is 12.2 Å². The van der Waals surface area contributed by atoms with Gasteiger partial charge >= 0.3 is 5.97 Å². The van der Waals surface area contributed by atoms with E-state index in [9.17, 15) is 9.90 Å². The summed E-state index contributed by atoms with van der Waals surface area (Å²) in [7, 11) is 0. The number of rotatable bonds is 8. The highest BCUT2D eigenvalue weighted by Gasteiger charge is 2.68. The molecule has 108 valence electrons. The zero-order chi connectivity index (χ0) is 13.4. The van der Waals surface area contributed by atoms with Gasteiger partial charge in [-0.25, -0.2) is 0 Å². The average Bonchev–Trinajstić information content (AvgIpc) is 3.01. The largest absolute Gasteiger partial charge is 0.481 e. The number of carbonyl (C=O) groups is 1. The highest BCUT2D eigenvalue weighted by molar-refractivity contribution is 5.66. The summed E-state index contributed by atoms with van der Waals surface area (Å²) in [5.41, 5.74) is 0. The third kappa shape index (κ3) is 2.51. The molecule has 19 heavy (non-hydrogen) atoms. The number of aliphatic hydroxyl groups is 1. The van der Waals surface area contributed by atoms with Gasteiger partial charge in [-0.05, 0) is 18.8 Å². The van der Waals surface area contributed by atoms with Gasteiger partial charge < -0.3 is 19.7 Å². The Morgan fingerprint density at radius 2 is 1.53 bits per heavy atom. The van der Waals surface area contributed by atoms with Crippen LogP contribution >= 0.6 is 0 Å². The number of carboxylic acid groups (broad SMARTS) is 1. The molecule has 2 bridgehead atoms. The maximum Gasteiger partial charge on any atom is 0.303 e. The predicted octanol–water partition coefficient (Wildman–Crippen LogP) is 1.18. The fourth-order valence-corrected chi connectivity index (χ4v) is 3.80. The summed E-state index contributed by atoms with van der Waals surface area (Å²) in [5.74, 6) is -0.0373. The van der Waals surface area contributed by atoms with E-state index in [1.54, 1.807) is 0 Å². The number of unbranched alkanes of at least 4 members (excludes halogenated alkanes) is 3. The predicted molar refractivity (Wildman–Crippen MR) is 66.7 cm³/mol. The molecule has 0 radical (unpaired) electrons. The van der Waals surface area contributed by atoms with Crippen LogP contribution in [0.1, 0.15) is 38.5 Å². The van der Waals surface area contributed by atoms with Gasteiger partial charge in [-0.1, -0.05) is 19.3 Å². The van der Waals surface area contributed by atoms with Crippen molar-refractivity contribution in [1.82, 2.24) is 0 Å². The van der Waals surface area contributed by atoms with E-state index in [4.69, 9.17) is 14.6 Å². The van der Waals surface area contributed by atoms with Gasteiger partial charge in [0.25, 0.3) is 0 Å². The average molecular weight is 270 g/mol. The first-order chi connectivity index (χ1) is 9.22. The van der Waals surface area contributed by atoms with E-state index in [0.29, 0.717) is 12.0 Å². The SMILES string of the molecule is O=C(O)CCCCCC[C@H]1[C@@H](CO)[C@@H]2O[C@H]1[C@@H]1O[C@@H]12. The quantitative estimate of drug-likeness (QED) is 0.511. The lowest BCUT2D eigenvalue weighted by Crippen LogP contribution is -2.34. The third-order valence-electron chi connectivity index (χ3n) is 4.81. The summed E-state index contributed by atoms with van der Waals surface area (Å²) < 4.78 is 11.5. The normalized spacial score (nSPS) is 42.4. The molecule has 5 heteroatoms. The highest BCUT2D eigenvalue weighted by Crippen LogP contribution is 2.54. The number of carboxylic acids is 1. The molecular weight excluding hydrogens is 248 g/mol. The van der Waals surface area contributed by atoms with Crippen molar-refractivity contribution in [3.63, 3.8) is 0 Å². The first kappa shape index (κ1) is 13.3. The number of fused-ring (bicyclic) bond motifs is 5. The molecule has 3 aliphatic rings. The smallest absolute Gasteiger partial charge is 0.303 e. The van der Waals surface area contributed by atoms with Crippen LogP contribution in [0.5, 0.6) is 0 Å². The Kier molecular flexibility index (Phi) is 3.78. The molecule has 3 rings (SSSR count). The van der Waals surface area contributed by atoms with E-state index in [0.717, 1.165) is 32.1 Å². The Balaban J connectivity index is 1.37. The van der Waals surface area contributed by atoms with E-state index in [2.05, 4.69) is 0 Å². The molecular formula is C14H22O5. The monoisotopic (exact) mass is 270 g/mol. The Hall–Kier alpha value is -0.650. The van der Waals surface area contributed by atoms with Crippen LogP contribution in [-0.2, 0) is 14.3 Å². The summed E-state index contributed by atoms with van der Waals surface area (Å²) in [4.78, 5) is 10.4. The van der Waals surface area contributed by atoms with Crippen molar-refractivity contribution in [3.8, 4) is 0 Å². The maximum absolute atomic E-state index is 10.4. The van der Waals surface area contributed by atoms with Gasteiger partial charge in [0.2, 0.25) is 0 Å². The van der Waals surface area contributed by atoms with Crippen molar-refractivity contribution in [1.29, 1.82) is 0 Å². The maximum atomic E-state index is 10.4. The Morgan fingerprint density at radius 1 is 0.895 bits per heavy atom. The number of hydrogen-bond acceptors (Lipinski definition) is 4. The molecule has 6 atom stereocenters. The zero-order valence-electron chi connectivity index (χ0n) is 11.0. The summed E-state index contributed by atoms with van der Waals surface area (Å²) >= 11 is 0. The number of hydrogen-bond donors (Lipinski definition) is 2. The van der Waals surface area contributed by atoms with E-state index in [1.165, 1.54) is 0 Å². The number of aliphatic hydroxyl groups excluding tert-OH is 1. The van der Waals surface area contributed by atoms with Crippen LogP contribution in [0.15, 0.2) is 0 Å². The molecule has 3 aliphatic heterocycles. The van der Waals surface area contributed by atoms with Crippen LogP contribution in [0.25, 0.3) is 0 Å². The van der Waals surface area contributed by atoms with Crippen molar-refractivity contribution in [2.24, 2.45) is 11.8 Å². The molecule has 3 saturated heterocycles.